The molecule has 0 fully saturated rings. The molecule has 5 rings (SSSR count). The van der Waals surface area contributed by atoms with Gasteiger partial charge in [0, 0.05) is 16.6 Å². The van der Waals surface area contributed by atoms with Crippen molar-refractivity contribution in [1.29, 1.82) is 0 Å². The summed E-state index contributed by atoms with van der Waals surface area (Å²) in [6.07, 6.45) is 8.39. The van der Waals surface area contributed by atoms with Crippen LogP contribution in [0.2, 0.25) is 0 Å². The first kappa shape index (κ1) is 18.1. The Morgan fingerprint density at radius 2 is 1.50 bits per heavy atom. The molecule has 0 saturated carbocycles. The maximum absolute atomic E-state index is 12.8. The molecular formula is C24H20N4O2. The van der Waals surface area contributed by atoms with Gasteiger partial charge < -0.3 is 14.7 Å². The fourth-order valence-corrected chi connectivity index (χ4v) is 3.49. The van der Waals surface area contributed by atoms with Crippen molar-refractivity contribution in [2.75, 3.05) is 6.61 Å². The number of fused-ring (bicyclic) bond motifs is 8. The Kier molecular flexibility index (Phi) is 4.52. The number of hydrogen-bond acceptors (Lipinski definition) is 4. The van der Waals surface area contributed by atoms with E-state index in [1.54, 1.807) is 0 Å². The van der Waals surface area contributed by atoms with E-state index in [2.05, 4.69) is 19.9 Å². The van der Waals surface area contributed by atoms with Crippen molar-refractivity contribution >= 4 is 52.3 Å². The topological polar surface area (TPSA) is 83.7 Å². The quantitative estimate of drug-likeness (QED) is 0.409. The van der Waals surface area contributed by atoms with Crippen molar-refractivity contribution in [3.8, 4) is 0 Å². The zero-order valence-electron chi connectivity index (χ0n) is 16.5. The van der Waals surface area contributed by atoms with Gasteiger partial charge in [-0.05, 0) is 73.2 Å². The molecular weight excluding hydrogens is 376 g/mol. The second kappa shape index (κ2) is 7.48. The van der Waals surface area contributed by atoms with E-state index in [4.69, 9.17) is 4.74 Å². The van der Waals surface area contributed by atoms with Gasteiger partial charge in [-0.25, -0.2) is 14.8 Å². The van der Waals surface area contributed by atoms with E-state index in [1.807, 2.05) is 73.7 Å². The Morgan fingerprint density at radius 3 is 2.33 bits per heavy atom. The Morgan fingerprint density at radius 1 is 0.833 bits per heavy atom. The molecule has 0 atom stereocenters. The lowest BCUT2D eigenvalue weighted by molar-refractivity contribution is 0.0506. The van der Waals surface area contributed by atoms with Crippen LogP contribution in [0.15, 0.2) is 42.5 Å². The molecule has 6 nitrogen and oxygen atoms in total. The Hall–Kier alpha value is -3.93. The summed E-state index contributed by atoms with van der Waals surface area (Å²) in [4.78, 5) is 28.8. The van der Waals surface area contributed by atoms with Gasteiger partial charge in [-0.1, -0.05) is 6.92 Å². The van der Waals surface area contributed by atoms with Gasteiger partial charge in [-0.15, -0.1) is 0 Å². The summed E-state index contributed by atoms with van der Waals surface area (Å²) in [5, 5.41) is 0. The van der Waals surface area contributed by atoms with Crippen LogP contribution < -0.4 is 0 Å². The van der Waals surface area contributed by atoms with E-state index in [1.165, 1.54) is 0 Å². The molecule has 0 spiro atoms. The number of nitrogens with zero attached hydrogens (tertiary/aromatic N) is 2. The fraction of sp³-hybridized carbons (Fsp3) is 0.125. The first-order valence-corrected chi connectivity index (χ1v) is 9.92. The normalized spacial score (nSPS) is 12.3. The molecule has 0 radical (unpaired) electrons. The molecule has 8 bridgehead atoms. The van der Waals surface area contributed by atoms with E-state index in [0.717, 1.165) is 40.1 Å². The summed E-state index contributed by atoms with van der Waals surface area (Å²) < 4.78 is 5.44. The lowest BCUT2D eigenvalue weighted by Gasteiger charge is -2.04. The second-order valence-electron chi connectivity index (χ2n) is 7.19. The number of nitrogens with one attached hydrogen (secondary N) is 2. The summed E-state index contributed by atoms with van der Waals surface area (Å²) in [7, 11) is 0. The summed E-state index contributed by atoms with van der Waals surface area (Å²) >= 11 is 0. The molecule has 0 aromatic carbocycles. The molecule has 2 N–H and O–H groups in total. The molecule has 30 heavy (non-hydrogen) atoms. The highest BCUT2D eigenvalue weighted by Gasteiger charge is 2.17. The van der Waals surface area contributed by atoms with E-state index in [9.17, 15) is 4.79 Å². The molecule has 148 valence electrons. The molecule has 0 unspecified atom stereocenters. The van der Waals surface area contributed by atoms with Gasteiger partial charge in [0.15, 0.2) is 0 Å². The van der Waals surface area contributed by atoms with Crippen LogP contribution in [0.25, 0.3) is 46.4 Å². The molecule has 2 aliphatic rings. The minimum absolute atomic E-state index is 0.365. The first-order valence-electron chi connectivity index (χ1n) is 9.92. The number of aromatic amines is 2. The molecule has 5 heterocycles. The number of rotatable bonds is 3. The summed E-state index contributed by atoms with van der Waals surface area (Å²) in [5.74, 6) is -0.388. The van der Waals surface area contributed by atoms with E-state index in [-0.39, 0.29) is 5.97 Å². The van der Waals surface area contributed by atoms with E-state index < -0.39 is 0 Å². The molecule has 3 aromatic rings. The summed E-state index contributed by atoms with van der Waals surface area (Å²) in [6.45, 7) is 2.33. The minimum Gasteiger partial charge on any atom is -0.462 e. The smallest absolute Gasteiger partial charge is 0.342 e. The van der Waals surface area contributed by atoms with Crippen LogP contribution >= 0.6 is 0 Å². The third-order valence-electron chi connectivity index (χ3n) is 4.86. The van der Waals surface area contributed by atoms with Gasteiger partial charge in [-0.3, -0.25) is 0 Å². The van der Waals surface area contributed by atoms with Crippen LogP contribution in [-0.2, 0) is 4.74 Å². The fourth-order valence-electron chi connectivity index (χ4n) is 3.49. The Labute approximate surface area is 173 Å². The average Bonchev–Trinajstić information content (AvgIpc) is 3.51. The van der Waals surface area contributed by atoms with Gasteiger partial charge in [0.25, 0.3) is 0 Å². The number of ether oxygens (including phenoxy) is 1. The zero-order valence-corrected chi connectivity index (χ0v) is 16.5. The molecule has 2 aliphatic heterocycles. The zero-order chi connectivity index (χ0) is 20.5. The maximum atomic E-state index is 12.8. The van der Waals surface area contributed by atoms with Crippen molar-refractivity contribution in [2.45, 2.75) is 13.3 Å². The molecule has 0 aliphatic carbocycles. The highest BCUT2D eigenvalue weighted by Crippen LogP contribution is 2.22. The van der Waals surface area contributed by atoms with Crippen LogP contribution in [0.1, 0.15) is 46.5 Å². The van der Waals surface area contributed by atoms with Crippen LogP contribution in [0.5, 0.6) is 0 Å². The highest BCUT2D eigenvalue weighted by atomic mass is 16.5. The van der Waals surface area contributed by atoms with Gasteiger partial charge in [0.2, 0.25) is 0 Å². The third-order valence-corrected chi connectivity index (χ3v) is 4.86. The minimum atomic E-state index is -0.388. The second-order valence-corrected chi connectivity index (χ2v) is 7.19. The van der Waals surface area contributed by atoms with Gasteiger partial charge >= 0.3 is 5.97 Å². The van der Waals surface area contributed by atoms with Crippen molar-refractivity contribution in [1.82, 2.24) is 19.9 Å². The Bertz CT molecular complexity index is 1360. The van der Waals surface area contributed by atoms with Gasteiger partial charge in [0.05, 0.1) is 34.9 Å². The lowest BCUT2D eigenvalue weighted by Crippen LogP contribution is -2.08. The number of hydrogen-bond donors (Lipinski definition) is 2. The highest BCUT2D eigenvalue weighted by molar-refractivity contribution is 6.01. The van der Waals surface area contributed by atoms with E-state index in [0.29, 0.717) is 23.4 Å². The number of H-pyrrole nitrogens is 2. The number of carbonyl (C=O) groups is 1. The first-order chi connectivity index (χ1) is 14.7. The monoisotopic (exact) mass is 396 g/mol. The lowest BCUT2D eigenvalue weighted by atomic mass is 10.2. The third kappa shape index (κ3) is 3.55. The van der Waals surface area contributed by atoms with Crippen molar-refractivity contribution < 1.29 is 9.53 Å². The standard InChI is InChI=1S/C24H20N4O2/c1-2-11-30-24(29)23-21-9-7-19(27-21)13-17-5-3-15(25-17)12-16-4-6-18(26-16)14-20-8-10-22(23)28-20/h3-10,12-14,25,27H,2,11H2,1H3. The SMILES string of the molecule is CCCOC(=O)c1c2nc(cc3nc(cc4ccc(cc5ccc1[nH]5)[nH]4)C=C3)C=C2. The predicted octanol–water partition coefficient (Wildman–Crippen LogP) is 5.22. The van der Waals surface area contributed by atoms with Gasteiger partial charge in [-0.2, -0.15) is 0 Å². The summed E-state index contributed by atoms with van der Waals surface area (Å²) in [5.41, 5.74) is 6.87. The molecule has 6 heteroatoms. The molecule has 3 aromatic heterocycles. The van der Waals surface area contributed by atoms with Crippen LogP contribution in [-0.4, -0.2) is 32.5 Å². The average molecular weight is 396 g/mol. The number of carbonyl (C=O) groups excluding carboxylic acids is 1. The summed E-state index contributed by atoms with van der Waals surface area (Å²) in [6, 6.07) is 13.7. The maximum Gasteiger partial charge on any atom is 0.342 e. The van der Waals surface area contributed by atoms with Crippen LogP contribution in [0, 0.1) is 0 Å². The van der Waals surface area contributed by atoms with Crippen LogP contribution in [0.3, 0.4) is 0 Å². The largest absolute Gasteiger partial charge is 0.462 e. The molecule has 0 amide bonds. The van der Waals surface area contributed by atoms with E-state index >= 15 is 0 Å². The van der Waals surface area contributed by atoms with Crippen molar-refractivity contribution in [3.63, 3.8) is 0 Å². The number of aromatic nitrogens is 4. The Balaban J connectivity index is 1.81. The van der Waals surface area contributed by atoms with Crippen LogP contribution in [0.4, 0.5) is 0 Å². The predicted molar refractivity (Wildman–Crippen MR) is 119 cm³/mol. The van der Waals surface area contributed by atoms with Gasteiger partial charge in [0.1, 0.15) is 5.56 Å². The van der Waals surface area contributed by atoms with Crippen molar-refractivity contribution in [3.05, 3.63) is 70.8 Å². The number of esters is 1. The van der Waals surface area contributed by atoms with Crippen molar-refractivity contribution in [2.24, 2.45) is 0 Å². The molecule has 0 saturated heterocycles.